The van der Waals surface area contributed by atoms with Crippen molar-refractivity contribution in [2.45, 2.75) is 27.7 Å². The van der Waals surface area contributed by atoms with Crippen LogP contribution < -0.4 is 0 Å². The van der Waals surface area contributed by atoms with Crippen molar-refractivity contribution in [3.8, 4) is 0 Å². The fraction of sp³-hybridized carbons (Fsp3) is 0.600. The molecule has 0 bridgehead atoms. The number of aliphatic hydroxyl groups excluding tert-OH is 2. The van der Waals surface area contributed by atoms with Crippen molar-refractivity contribution < 1.29 is 48.3 Å². The minimum atomic E-state index is -1.49. The Kier molecular flexibility index (Phi) is 7.47. The molecular weight excluding hydrogens is 400 g/mol. The fourth-order valence-electron chi connectivity index (χ4n) is 4.00. The molecule has 10 heteroatoms. The van der Waals surface area contributed by atoms with Crippen molar-refractivity contribution in [2.75, 3.05) is 26.4 Å². The van der Waals surface area contributed by atoms with Gasteiger partial charge in [0.05, 0.1) is 37.6 Å². The first-order valence-corrected chi connectivity index (χ1v) is 9.80. The lowest BCUT2D eigenvalue weighted by atomic mass is 9.81. The summed E-state index contributed by atoms with van der Waals surface area (Å²) in [7, 11) is 0. The van der Waals surface area contributed by atoms with E-state index in [1.54, 1.807) is 27.7 Å². The number of fused-ring (bicyclic) bond motifs is 1. The predicted molar refractivity (Wildman–Crippen MR) is 99.8 cm³/mol. The normalized spacial score (nSPS) is 25.1. The number of aliphatic hydroxyl groups is 2. The summed E-state index contributed by atoms with van der Waals surface area (Å²) in [5, 5.41) is 21.5. The Morgan fingerprint density at radius 1 is 0.633 bits per heavy atom. The summed E-state index contributed by atoms with van der Waals surface area (Å²) in [4.78, 5) is 50.4. The lowest BCUT2D eigenvalue weighted by Crippen LogP contribution is -2.32. The van der Waals surface area contributed by atoms with Gasteiger partial charge in [-0.1, -0.05) is 0 Å². The lowest BCUT2D eigenvalue weighted by Gasteiger charge is -2.22. The molecule has 0 amide bonds. The molecule has 2 N–H and O–H groups in total. The van der Waals surface area contributed by atoms with E-state index in [-0.39, 0.29) is 37.6 Å². The second kappa shape index (κ2) is 9.64. The average Bonchev–Trinajstić information content (AvgIpc) is 3.11. The highest BCUT2D eigenvalue weighted by Gasteiger charge is 2.63. The Morgan fingerprint density at radius 3 is 1.20 bits per heavy atom. The summed E-state index contributed by atoms with van der Waals surface area (Å²) in [5.74, 6) is -10.6. The zero-order valence-corrected chi connectivity index (χ0v) is 17.3. The van der Waals surface area contributed by atoms with Gasteiger partial charge in [-0.25, -0.2) is 9.59 Å². The Bertz CT molecular complexity index is 727. The highest BCUT2D eigenvalue weighted by molar-refractivity contribution is 6.00. The van der Waals surface area contributed by atoms with Crippen LogP contribution in [0.5, 0.6) is 0 Å². The standard InChI is InChI=1S/C20H26O10/c1-5-27-17(23)11-9-10(13(15(11)21)19(25)29-7-3)14(20(26)30-8-4)16(22)12(9)18(24)28-6-2/h9-11,14,21-22H,5-8H2,1-4H3. The van der Waals surface area contributed by atoms with Crippen LogP contribution in [0.15, 0.2) is 22.7 Å². The quantitative estimate of drug-likeness (QED) is 0.431. The molecule has 4 atom stereocenters. The van der Waals surface area contributed by atoms with E-state index in [0.717, 1.165) is 0 Å². The van der Waals surface area contributed by atoms with Crippen molar-refractivity contribution in [1.82, 2.24) is 0 Å². The molecule has 2 aliphatic carbocycles. The number of hydrogen-bond donors (Lipinski definition) is 2. The minimum absolute atomic E-state index is 0.0273. The minimum Gasteiger partial charge on any atom is -0.511 e. The highest BCUT2D eigenvalue weighted by atomic mass is 16.5. The summed E-state index contributed by atoms with van der Waals surface area (Å²) < 4.78 is 20.0. The second-order valence-corrected chi connectivity index (χ2v) is 6.55. The molecule has 30 heavy (non-hydrogen) atoms. The zero-order chi connectivity index (χ0) is 22.6. The van der Waals surface area contributed by atoms with E-state index in [0.29, 0.717) is 0 Å². The first kappa shape index (κ1) is 23.2. The molecule has 2 aliphatic rings. The van der Waals surface area contributed by atoms with Crippen LogP contribution in [0.2, 0.25) is 0 Å². The molecule has 0 fully saturated rings. The van der Waals surface area contributed by atoms with E-state index in [1.807, 2.05) is 0 Å². The molecule has 0 spiro atoms. The van der Waals surface area contributed by atoms with Gasteiger partial charge in [-0.15, -0.1) is 0 Å². The molecule has 0 aliphatic heterocycles. The van der Waals surface area contributed by atoms with Crippen molar-refractivity contribution in [2.24, 2.45) is 23.7 Å². The van der Waals surface area contributed by atoms with Crippen molar-refractivity contribution in [3.63, 3.8) is 0 Å². The van der Waals surface area contributed by atoms with Crippen LogP contribution >= 0.6 is 0 Å². The van der Waals surface area contributed by atoms with Gasteiger partial charge in [0.2, 0.25) is 0 Å². The average molecular weight is 426 g/mol. The zero-order valence-electron chi connectivity index (χ0n) is 17.3. The van der Waals surface area contributed by atoms with Gasteiger partial charge in [0.15, 0.2) is 0 Å². The molecule has 0 aromatic heterocycles. The van der Waals surface area contributed by atoms with E-state index in [9.17, 15) is 29.4 Å². The maximum atomic E-state index is 12.6. The largest absolute Gasteiger partial charge is 0.511 e. The van der Waals surface area contributed by atoms with Gasteiger partial charge in [-0.2, -0.15) is 0 Å². The van der Waals surface area contributed by atoms with Crippen molar-refractivity contribution in [3.05, 3.63) is 22.7 Å². The first-order chi connectivity index (χ1) is 14.3. The number of rotatable bonds is 8. The number of hydrogen-bond acceptors (Lipinski definition) is 10. The van der Waals surface area contributed by atoms with E-state index in [2.05, 4.69) is 0 Å². The van der Waals surface area contributed by atoms with Crippen LogP contribution in [-0.2, 0) is 38.1 Å². The van der Waals surface area contributed by atoms with Crippen LogP contribution in [0.3, 0.4) is 0 Å². The maximum Gasteiger partial charge on any atom is 0.337 e. The molecule has 0 saturated carbocycles. The molecule has 0 radical (unpaired) electrons. The molecule has 2 rings (SSSR count). The van der Waals surface area contributed by atoms with E-state index >= 15 is 0 Å². The Morgan fingerprint density at radius 2 is 0.933 bits per heavy atom. The number of ether oxygens (including phenoxy) is 4. The van der Waals surface area contributed by atoms with Gasteiger partial charge in [-0.3, -0.25) is 9.59 Å². The third kappa shape index (κ3) is 3.86. The van der Waals surface area contributed by atoms with Crippen LogP contribution in [0.25, 0.3) is 0 Å². The van der Waals surface area contributed by atoms with E-state index in [4.69, 9.17) is 18.9 Å². The van der Waals surface area contributed by atoms with Crippen molar-refractivity contribution in [1.29, 1.82) is 0 Å². The summed E-state index contributed by atoms with van der Waals surface area (Å²) in [6, 6.07) is 0. The third-order valence-corrected chi connectivity index (χ3v) is 4.98. The molecule has 166 valence electrons. The summed E-state index contributed by atoms with van der Waals surface area (Å²) in [5.41, 5.74) is -0.743. The maximum absolute atomic E-state index is 12.6. The van der Waals surface area contributed by atoms with Gasteiger partial charge in [0.1, 0.15) is 23.4 Å². The Hall–Kier alpha value is -3.04. The van der Waals surface area contributed by atoms with Crippen LogP contribution in [0.1, 0.15) is 27.7 Å². The Balaban J connectivity index is 2.69. The Labute approximate surface area is 173 Å². The van der Waals surface area contributed by atoms with Crippen LogP contribution in [0, 0.1) is 23.7 Å². The summed E-state index contributed by atoms with van der Waals surface area (Å²) in [6.45, 7) is 6.06. The molecule has 10 nitrogen and oxygen atoms in total. The van der Waals surface area contributed by atoms with Crippen LogP contribution in [0.4, 0.5) is 0 Å². The third-order valence-electron chi connectivity index (χ3n) is 4.98. The molecule has 0 aromatic rings. The molecule has 4 unspecified atom stereocenters. The SMILES string of the molecule is CCOC(=O)C1=C(O)C(C(=O)OCC)C2C(C(=O)OCC)=C(O)C(C(=O)OCC)C12. The highest BCUT2D eigenvalue weighted by Crippen LogP contribution is 2.56. The van der Waals surface area contributed by atoms with E-state index in [1.165, 1.54) is 0 Å². The first-order valence-electron chi connectivity index (χ1n) is 9.80. The number of carbonyl (C=O) groups is 4. The fourth-order valence-corrected chi connectivity index (χ4v) is 4.00. The van der Waals surface area contributed by atoms with E-state index < -0.39 is 59.1 Å². The molecular formula is C20H26O10. The summed E-state index contributed by atoms with van der Waals surface area (Å²) >= 11 is 0. The lowest BCUT2D eigenvalue weighted by molar-refractivity contribution is -0.152. The molecule has 0 heterocycles. The van der Waals surface area contributed by atoms with Gasteiger partial charge < -0.3 is 29.2 Å². The van der Waals surface area contributed by atoms with Crippen LogP contribution in [-0.4, -0.2) is 60.5 Å². The summed E-state index contributed by atoms with van der Waals surface area (Å²) in [6.07, 6.45) is 0. The second-order valence-electron chi connectivity index (χ2n) is 6.55. The molecule has 0 saturated heterocycles. The van der Waals surface area contributed by atoms with Gasteiger partial charge in [0.25, 0.3) is 0 Å². The van der Waals surface area contributed by atoms with Gasteiger partial charge in [-0.05, 0) is 27.7 Å². The molecule has 0 aromatic carbocycles. The number of esters is 4. The predicted octanol–water partition coefficient (Wildman–Crippen LogP) is 1.36. The monoisotopic (exact) mass is 426 g/mol. The van der Waals surface area contributed by atoms with Gasteiger partial charge in [0, 0.05) is 11.8 Å². The van der Waals surface area contributed by atoms with Crippen molar-refractivity contribution >= 4 is 23.9 Å². The topological polar surface area (TPSA) is 146 Å². The van der Waals surface area contributed by atoms with Gasteiger partial charge >= 0.3 is 23.9 Å². The number of carbonyl (C=O) groups excluding carboxylic acids is 4. The smallest absolute Gasteiger partial charge is 0.337 e.